The van der Waals surface area contributed by atoms with Gasteiger partial charge in [0.1, 0.15) is 0 Å². The van der Waals surface area contributed by atoms with Crippen molar-refractivity contribution >= 4 is 53.7 Å². The molecular weight excluding hydrogens is 423 g/mol. The van der Waals surface area contributed by atoms with Crippen molar-refractivity contribution in [3.8, 4) is 0 Å². The fourth-order valence-electron chi connectivity index (χ4n) is 4.25. The summed E-state index contributed by atoms with van der Waals surface area (Å²) >= 11 is -1.16. The molecule has 0 aliphatic carbocycles. The molecule has 2 atom stereocenters. The van der Waals surface area contributed by atoms with Crippen LogP contribution in [0.25, 0.3) is 6.08 Å². The molecule has 2 unspecified atom stereocenters. The van der Waals surface area contributed by atoms with E-state index in [0.717, 1.165) is 6.42 Å². The number of aromatic nitrogens is 1. The molecule has 1 aromatic carbocycles. The van der Waals surface area contributed by atoms with Gasteiger partial charge in [-0.15, -0.1) is 0 Å². The third-order valence-corrected chi connectivity index (χ3v) is 17.9. The Hall–Kier alpha value is -1.53. The molecule has 116 valence electrons. The molecule has 1 N–H and O–H groups in total. The zero-order valence-electron chi connectivity index (χ0n) is 12.7. The number of nitrogens with zero attached hydrogens (tertiary/aromatic N) is 1. The molecule has 4 bridgehead atoms. The number of thioether (sulfide) groups is 1. The molecule has 0 radical (unpaired) electrons. The van der Waals surface area contributed by atoms with Crippen molar-refractivity contribution in [3.05, 3.63) is 62.7 Å². The summed E-state index contributed by atoms with van der Waals surface area (Å²) in [6, 6.07) is 10.6. The second-order valence-corrected chi connectivity index (χ2v) is 16.2. The standard InChI is InChI=1S/C18H13N2O2S.In/c21-17-16(23-18(22)20-17)12-15-6-2-1-5-14(15)7-3-4-13-8-10-19-11-9-13;/h1-2,6-12,16H,4H2,(H,20,21,22);. The molecule has 0 saturated carbocycles. The van der Waals surface area contributed by atoms with Crippen LogP contribution in [-0.2, 0) is 11.2 Å². The Balaban J connectivity index is 1.54. The number of nitrogens with one attached hydrogen (secondary N) is 1. The van der Waals surface area contributed by atoms with Crippen molar-refractivity contribution in [1.29, 1.82) is 0 Å². The van der Waals surface area contributed by atoms with Gasteiger partial charge in [0.25, 0.3) is 0 Å². The maximum atomic E-state index is 12.3. The number of benzene rings is 1. The van der Waals surface area contributed by atoms with Crippen molar-refractivity contribution < 1.29 is 9.59 Å². The molecule has 5 rings (SSSR count). The minimum atomic E-state index is -2.35. The number of amides is 2. The van der Waals surface area contributed by atoms with Gasteiger partial charge in [-0.3, -0.25) is 0 Å². The number of hydrogen-bond acceptors (Lipinski definition) is 4. The first-order valence-electron chi connectivity index (χ1n) is 7.96. The summed E-state index contributed by atoms with van der Waals surface area (Å²) in [6.07, 6.45) is 6.97. The predicted octanol–water partition coefficient (Wildman–Crippen LogP) is 1.95. The Bertz CT molecular complexity index is 912. The van der Waals surface area contributed by atoms with Gasteiger partial charge in [-0.25, -0.2) is 0 Å². The fraction of sp³-hybridized carbons (Fsp3) is 0.167. The van der Waals surface area contributed by atoms with Crippen LogP contribution in [0.3, 0.4) is 0 Å². The monoisotopic (exact) mass is 436 g/mol. The van der Waals surface area contributed by atoms with E-state index in [-0.39, 0.29) is 20.1 Å². The zero-order valence-corrected chi connectivity index (χ0v) is 16.8. The first kappa shape index (κ1) is 14.8. The van der Waals surface area contributed by atoms with E-state index in [0.29, 0.717) is 0 Å². The van der Waals surface area contributed by atoms with Gasteiger partial charge in [-0.1, -0.05) is 0 Å². The first-order valence-corrected chi connectivity index (χ1v) is 14.0. The summed E-state index contributed by atoms with van der Waals surface area (Å²) < 4.78 is 3.32. The Morgan fingerprint density at radius 3 is 2.71 bits per heavy atom. The van der Waals surface area contributed by atoms with Gasteiger partial charge >= 0.3 is 152 Å². The van der Waals surface area contributed by atoms with E-state index >= 15 is 0 Å². The number of pyridine rings is 1. The van der Waals surface area contributed by atoms with E-state index < -0.39 is 21.4 Å². The van der Waals surface area contributed by atoms with Crippen LogP contribution in [0.2, 0.25) is 0 Å². The average molecular weight is 436 g/mol. The summed E-state index contributed by atoms with van der Waals surface area (Å²) in [4.78, 5) is 28.1. The molecule has 3 aliphatic rings. The molecule has 1 fully saturated rings. The molecule has 1 aromatic heterocycles. The van der Waals surface area contributed by atoms with Crippen molar-refractivity contribution in [3.63, 3.8) is 0 Å². The van der Waals surface area contributed by atoms with Crippen LogP contribution in [0.5, 0.6) is 0 Å². The third-order valence-electron chi connectivity index (χ3n) is 5.16. The van der Waals surface area contributed by atoms with E-state index in [1.165, 1.54) is 35.1 Å². The van der Waals surface area contributed by atoms with E-state index in [1.54, 1.807) is 0 Å². The molecule has 24 heavy (non-hydrogen) atoms. The van der Waals surface area contributed by atoms with Crippen LogP contribution in [0.4, 0.5) is 4.79 Å². The van der Waals surface area contributed by atoms with E-state index in [2.05, 4.69) is 46.7 Å². The SMILES string of the molecule is O=C1NC(=O)C([CH]2c3ccc[c]4c3C=[C](Cc3ccncc3)[In]42)S1. The molecule has 2 aromatic rings. The van der Waals surface area contributed by atoms with Gasteiger partial charge in [0.2, 0.25) is 0 Å². The zero-order chi connectivity index (χ0) is 16.3. The summed E-state index contributed by atoms with van der Waals surface area (Å²) in [7, 11) is 0. The number of hydrogen-bond donors (Lipinski definition) is 1. The van der Waals surface area contributed by atoms with Crippen molar-refractivity contribution in [2.75, 3.05) is 0 Å². The Morgan fingerprint density at radius 2 is 2.00 bits per heavy atom. The van der Waals surface area contributed by atoms with Gasteiger partial charge < -0.3 is 0 Å². The fourth-order valence-corrected chi connectivity index (χ4v) is 18.6. The summed E-state index contributed by atoms with van der Waals surface area (Å²) in [5.41, 5.74) is 3.92. The van der Waals surface area contributed by atoms with Gasteiger partial charge in [-0.05, 0) is 0 Å². The molecule has 0 spiro atoms. The number of carbonyl (C=O) groups is 2. The van der Waals surface area contributed by atoms with Crippen LogP contribution in [0.1, 0.15) is 20.4 Å². The predicted molar refractivity (Wildman–Crippen MR) is 95.4 cm³/mol. The Morgan fingerprint density at radius 1 is 1.17 bits per heavy atom. The number of imide groups is 1. The van der Waals surface area contributed by atoms with Gasteiger partial charge in [0.05, 0.1) is 0 Å². The molecule has 6 heteroatoms. The quantitative estimate of drug-likeness (QED) is 0.800. The minimum absolute atomic E-state index is 0.102. The summed E-state index contributed by atoms with van der Waals surface area (Å²) in [6.45, 7) is 0. The van der Waals surface area contributed by atoms with Crippen LogP contribution in [0.15, 0.2) is 46.1 Å². The number of rotatable bonds is 3. The molecule has 1 saturated heterocycles. The molecular formula is C18H13InN2O2S. The van der Waals surface area contributed by atoms with Gasteiger partial charge in [0, 0.05) is 0 Å². The van der Waals surface area contributed by atoms with Gasteiger partial charge in [0.15, 0.2) is 0 Å². The first-order chi connectivity index (χ1) is 11.7. The molecule has 3 aliphatic heterocycles. The number of carbonyl (C=O) groups excluding carboxylic acids is 2. The second-order valence-electron chi connectivity index (χ2n) is 6.42. The molecule has 2 amide bonds. The van der Waals surface area contributed by atoms with E-state index in [9.17, 15) is 9.59 Å². The van der Waals surface area contributed by atoms with Crippen molar-refractivity contribution in [2.24, 2.45) is 0 Å². The summed E-state index contributed by atoms with van der Waals surface area (Å²) in [5, 5.41) is 2.04. The maximum absolute atomic E-state index is 12.3. The normalized spacial score (nSPS) is 23.7. The van der Waals surface area contributed by atoms with E-state index in [1.807, 2.05) is 12.4 Å². The summed E-state index contributed by atoms with van der Waals surface area (Å²) in [5.74, 6) is -0.102. The molecule has 4 nitrogen and oxygen atoms in total. The third kappa shape index (κ3) is 2.12. The molecule has 4 heterocycles. The second kappa shape index (κ2) is 5.49. The van der Waals surface area contributed by atoms with Crippen molar-refractivity contribution in [2.45, 2.75) is 15.3 Å². The Labute approximate surface area is 151 Å². The van der Waals surface area contributed by atoms with Gasteiger partial charge in [-0.2, -0.15) is 0 Å². The van der Waals surface area contributed by atoms with E-state index in [4.69, 9.17) is 0 Å². The van der Waals surface area contributed by atoms with Crippen LogP contribution >= 0.6 is 11.8 Å². The number of allylic oxidation sites excluding steroid dienone is 1. The van der Waals surface area contributed by atoms with Crippen molar-refractivity contribution in [1.82, 2.24) is 10.3 Å². The average Bonchev–Trinajstić information content (AvgIpc) is 3.14. The topological polar surface area (TPSA) is 59.1 Å². The Kier molecular flexibility index (Phi) is 3.38. The van der Waals surface area contributed by atoms with Crippen LogP contribution in [0, 0.1) is 0 Å². The van der Waals surface area contributed by atoms with Crippen LogP contribution in [-0.4, -0.2) is 42.8 Å². The van der Waals surface area contributed by atoms with Crippen LogP contribution < -0.4 is 8.64 Å².